The molecule has 0 bridgehead atoms. The van der Waals surface area contributed by atoms with Crippen LogP contribution in [0.2, 0.25) is 0 Å². The highest BCUT2D eigenvalue weighted by molar-refractivity contribution is 5.36. The van der Waals surface area contributed by atoms with Gasteiger partial charge < -0.3 is 0 Å². The summed E-state index contributed by atoms with van der Waals surface area (Å²) in [6.07, 6.45) is 2.90. The van der Waals surface area contributed by atoms with Gasteiger partial charge in [-0.3, -0.25) is 0 Å². The van der Waals surface area contributed by atoms with Gasteiger partial charge in [-0.05, 0) is 56.4 Å². The predicted octanol–water partition coefficient (Wildman–Crippen LogP) is 4.37. The molecule has 14 heavy (non-hydrogen) atoms. The van der Waals surface area contributed by atoms with Gasteiger partial charge in [0.25, 0.3) is 0 Å². The fraction of sp³-hybridized carbons (Fsp3) is 0.429. The number of rotatable bonds is 1. The second-order valence-electron chi connectivity index (χ2n) is 3.62. The molecule has 0 radical (unpaired) electrons. The Labute approximate surface area is 88.7 Å². The summed E-state index contributed by atoms with van der Waals surface area (Å²) in [7, 11) is 0. The number of hydrogen-bond donors (Lipinski definition) is 0. The first-order valence-electron chi connectivity index (χ1n) is 5.20. The number of hydrogen-bond acceptors (Lipinski definition) is 0. The van der Waals surface area contributed by atoms with Crippen LogP contribution in [0, 0.1) is 20.8 Å². The smallest absolute Gasteiger partial charge is 0.0305 e. The van der Waals surface area contributed by atoms with Crippen molar-refractivity contribution in [2.24, 2.45) is 0 Å². The van der Waals surface area contributed by atoms with Crippen molar-refractivity contribution < 1.29 is 0 Å². The average Bonchev–Trinajstić information content (AvgIpc) is 2.12. The van der Waals surface area contributed by atoms with Crippen LogP contribution in [0.25, 0.3) is 0 Å². The molecular weight excluding hydrogens is 168 g/mol. The summed E-state index contributed by atoms with van der Waals surface area (Å²) in [6.45, 7) is 14.0. The molecule has 0 heterocycles. The van der Waals surface area contributed by atoms with Crippen molar-refractivity contribution in [3.63, 3.8) is 0 Å². The zero-order chi connectivity index (χ0) is 11.1. The Morgan fingerprint density at radius 2 is 1.50 bits per heavy atom. The molecule has 0 amide bonds. The van der Waals surface area contributed by atoms with Crippen LogP contribution in [0.15, 0.2) is 24.8 Å². The molecular formula is C14H22. The molecule has 0 aliphatic heterocycles. The summed E-state index contributed by atoms with van der Waals surface area (Å²) < 4.78 is 0. The molecule has 1 aromatic rings. The maximum Gasteiger partial charge on any atom is -0.0305 e. The van der Waals surface area contributed by atoms with Gasteiger partial charge in [0, 0.05) is 0 Å². The van der Waals surface area contributed by atoms with Gasteiger partial charge in [-0.15, -0.1) is 6.58 Å². The van der Waals surface area contributed by atoms with Crippen molar-refractivity contribution in [1.29, 1.82) is 0 Å². The van der Waals surface area contributed by atoms with E-state index in [2.05, 4.69) is 46.4 Å². The molecule has 0 spiro atoms. The number of benzene rings is 1. The van der Waals surface area contributed by atoms with Crippen LogP contribution in [0.4, 0.5) is 0 Å². The average molecular weight is 190 g/mol. The monoisotopic (exact) mass is 190 g/mol. The van der Waals surface area contributed by atoms with E-state index >= 15 is 0 Å². The summed E-state index contributed by atoms with van der Waals surface area (Å²) in [5.74, 6) is 0. The molecule has 0 aliphatic carbocycles. The van der Waals surface area contributed by atoms with Gasteiger partial charge in [-0.25, -0.2) is 0 Å². The van der Waals surface area contributed by atoms with E-state index in [-0.39, 0.29) is 0 Å². The summed E-state index contributed by atoms with van der Waals surface area (Å²) in [5, 5.41) is 0. The first-order chi connectivity index (χ1) is 6.56. The van der Waals surface area contributed by atoms with Crippen LogP contribution >= 0.6 is 0 Å². The molecule has 78 valence electrons. The molecule has 0 aromatic heterocycles. The summed E-state index contributed by atoms with van der Waals surface area (Å²) in [5.41, 5.74) is 5.72. The zero-order valence-corrected chi connectivity index (χ0v) is 10.1. The van der Waals surface area contributed by atoms with Gasteiger partial charge in [0.05, 0.1) is 0 Å². The van der Waals surface area contributed by atoms with E-state index in [1.54, 1.807) is 6.08 Å². The van der Waals surface area contributed by atoms with Crippen LogP contribution in [0.5, 0.6) is 0 Å². The van der Waals surface area contributed by atoms with E-state index in [0.29, 0.717) is 0 Å². The van der Waals surface area contributed by atoms with Gasteiger partial charge in [0.1, 0.15) is 0 Å². The minimum absolute atomic E-state index is 1.15. The Balaban J connectivity index is 0.000000500. The van der Waals surface area contributed by atoms with E-state index in [0.717, 1.165) is 6.42 Å². The second kappa shape index (κ2) is 6.42. The Kier molecular flexibility index (Phi) is 5.94. The van der Waals surface area contributed by atoms with Crippen LogP contribution in [-0.4, -0.2) is 0 Å². The molecule has 0 fully saturated rings. The molecule has 0 aliphatic rings. The van der Waals surface area contributed by atoms with Gasteiger partial charge >= 0.3 is 0 Å². The van der Waals surface area contributed by atoms with E-state index < -0.39 is 0 Å². The standard InChI is InChI=1S/C11H16.C3H6/c1-5-11-7-9(3)8(2)6-10(11)4;1-3-2/h6-7H,5H2,1-4H3;3H,1H2,2H3. The largest absolute Gasteiger partial charge is 0.103 e. The Morgan fingerprint density at radius 1 is 1.07 bits per heavy atom. The summed E-state index contributed by atoms with van der Waals surface area (Å²) >= 11 is 0. The quantitative estimate of drug-likeness (QED) is 0.577. The molecule has 1 rings (SSSR count). The molecule has 0 heteroatoms. The third-order valence-corrected chi connectivity index (χ3v) is 2.33. The number of allylic oxidation sites excluding steroid dienone is 1. The fourth-order valence-electron chi connectivity index (χ4n) is 1.40. The normalized spacial score (nSPS) is 8.93. The number of aryl methyl sites for hydroxylation is 4. The van der Waals surface area contributed by atoms with Crippen molar-refractivity contribution in [3.05, 3.63) is 47.0 Å². The van der Waals surface area contributed by atoms with Gasteiger partial charge in [0.15, 0.2) is 0 Å². The molecule has 0 atom stereocenters. The molecule has 0 saturated carbocycles. The van der Waals surface area contributed by atoms with Crippen LogP contribution in [-0.2, 0) is 6.42 Å². The van der Waals surface area contributed by atoms with Gasteiger partial charge in [-0.1, -0.05) is 25.1 Å². The maximum atomic E-state index is 3.36. The van der Waals surface area contributed by atoms with E-state index in [1.807, 2.05) is 6.92 Å². The highest BCUT2D eigenvalue weighted by Crippen LogP contribution is 2.15. The Hall–Kier alpha value is -1.04. The van der Waals surface area contributed by atoms with E-state index in [4.69, 9.17) is 0 Å². The van der Waals surface area contributed by atoms with Crippen molar-refractivity contribution in [2.75, 3.05) is 0 Å². The molecule has 1 aromatic carbocycles. The first kappa shape index (κ1) is 13.0. The Bertz CT molecular complexity index is 295. The topological polar surface area (TPSA) is 0 Å². The first-order valence-corrected chi connectivity index (χ1v) is 5.20. The lowest BCUT2D eigenvalue weighted by Crippen LogP contribution is -1.90. The SMILES string of the molecule is C=CC.CCc1cc(C)c(C)cc1C. The van der Waals surface area contributed by atoms with E-state index in [9.17, 15) is 0 Å². The molecule has 0 nitrogen and oxygen atoms in total. The van der Waals surface area contributed by atoms with Crippen LogP contribution < -0.4 is 0 Å². The van der Waals surface area contributed by atoms with Crippen molar-refractivity contribution >= 4 is 0 Å². The maximum absolute atomic E-state index is 3.36. The lowest BCUT2D eigenvalue weighted by Gasteiger charge is -2.06. The van der Waals surface area contributed by atoms with Crippen LogP contribution in [0.1, 0.15) is 36.1 Å². The van der Waals surface area contributed by atoms with Gasteiger partial charge in [-0.2, -0.15) is 0 Å². The molecule has 0 saturated heterocycles. The lowest BCUT2D eigenvalue weighted by atomic mass is 9.99. The van der Waals surface area contributed by atoms with Crippen molar-refractivity contribution in [2.45, 2.75) is 41.0 Å². The zero-order valence-electron chi connectivity index (χ0n) is 10.1. The summed E-state index contributed by atoms with van der Waals surface area (Å²) in [4.78, 5) is 0. The molecule has 0 unspecified atom stereocenters. The van der Waals surface area contributed by atoms with Gasteiger partial charge in [0.2, 0.25) is 0 Å². The third-order valence-electron chi connectivity index (χ3n) is 2.33. The summed E-state index contributed by atoms with van der Waals surface area (Å²) in [6, 6.07) is 4.57. The minimum Gasteiger partial charge on any atom is -0.103 e. The van der Waals surface area contributed by atoms with Crippen molar-refractivity contribution in [3.8, 4) is 0 Å². The molecule has 0 N–H and O–H groups in total. The fourth-order valence-corrected chi connectivity index (χ4v) is 1.40. The van der Waals surface area contributed by atoms with Crippen LogP contribution in [0.3, 0.4) is 0 Å². The predicted molar refractivity (Wildman–Crippen MR) is 65.9 cm³/mol. The highest BCUT2D eigenvalue weighted by Gasteiger charge is 1.98. The van der Waals surface area contributed by atoms with Crippen molar-refractivity contribution in [1.82, 2.24) is 0 Å². The third kappa shape index (κ3) is 3.78. The van der Waals surface area contributed by atoms with E-state index in [1.165, 1.54) is 22.3 Å². The Morgan fingerprint density at radius 3 is 1.93 bits per heavy atom. The highest BCUT2D eigenvalue weighted by atomic mass is 14.0. The second-order valence-corrected chi connectivity index (χ2v) is 3.62. The minimum atomic E-state index is 1.15. The lowest BCUT2D eigenvalue weighted by molar-refractivity contribution is 1.09.